The largest absolute Gasteiger partial charge is 0.481 e. The molecule has 0 bridgehead atoms. The molecule has 4 heteroatoms. The molecule has 0 fully saturated rings. The molecule has 0 aliphatic carbocycles. The number of aliphatic carboxylic acids is 1. The van der Waals surface area contributed by atoms with Gasteiger partial charge in [-0.1, -0.05) is 12.2 Å². The van der Waals surface area contributed by atoms with E-state index >= 15 is 0 Å². The van der Waals surface area contributed by atoms with Crippen LogP contribution < -0.4 is 0 Å². The first-order valence-corrected chi connectivity index (χ1v) is 6.42. The maximum atomic E-state index is 10.4. The summed E-state index contributed by atoms with van der Waals surface area (Å²) in [6.07, 6.45) is 7.93. The average molecular weight is 268 g/mol. The van der Waals surface area contributed by atoms with Crippen LogP contribution in [-0.2, 0) is 4.79 Å². The molecule has 102 valence electrons. The lowest BCUT2D eigenvalue weighted by Crippen LogP contribution is -1.91. The Labute approximate surface area is 117 Å². The van der Waals surface area contributed by atoms with Crippen LogP contribution in [0.3, 0.4) is 0 Å². The molecule has 0 aliphatic rings. The van der Waals surface area contributed by atoms with Gasteiger partial charge in [0.15, 0.2) is 0 Å². The molecular formula is C16H16N2O2. The number of hydrogen-bond acceptors (Lipinski definition) is 3. The van der Waals surface area contributed by atoms with E-state index in [1.54, 1.807) is 12.4 Å². The van der Waals surface area contributed by atoms with E-state index in [4.69, 9.17) is 5.11 Å². The van der Waals surface area contributed by atoms with Crippen LogP contribution in [0.2, 0.25) is 0 Å². The second-order valence-corrected chi connectivity index (χ2v) is 4.53. The third-order valence-corrected chi connectivity index (χ3v) is 2.80. The normalized spacial score (nSPS) is 10.8. The van der Waals surface area contributed by atoms with Crippen LogP contribution in [0, 0.1) is 6.92 Å². The van der Waals surface area contributed by atoms with Gasteiger partial charge < -0.3 is 5.11 Å². The minimum atomic E-state index is -0.783. The van der Waals surface area contributed by atoms with Gasteiger partial charge in [0.1, 0.15) is 0 Å². The number of aromatic nitrogens is 2. The number of aryl methyl sites for hydroxylation is 1. The van der Waals surface area contributed by atoms with Crippen LogP contribution in [0.5, 0.6) is 0 Å². The Morgan fingerprint density at radius 1 is 1.20 bits per heavy atom. The summed E-state index contributed by atoms with van der Waals surface area (Å²) < 4.78 is 0. The first-order chi connectivity index (χ1) is 9.65. The zero-order valence-corrected chi connectivity index (χ0v) is 11.3. The molecule has 0 saturated carbocycles. The van der Waals surface area contributed by atoms with Crippen molar-refractivity contribution in [1.29, 1.82) is 0 Å². The Balaban J connectivity index is 2.14. The van der Waals surface area contributed by atoms with Crippen LogP contribution in [0.4, 0.5) is 0 Å². The Kier molecular flexibility index (Phi) is 4.60. The van der Waals surface area contributed by atoms with E-state index < -0.39 is 5.97 Å². The zero-order valence-electron chi connectivity index (χ0n) is 11.3. The predicted molar refractivity (Wildman–Crippen MR) is 78.1 cm³/mol. The second kappa shape index (κ2) is 6.61. The number of carboxylic acids is 1. The number of nitrogens with zero attached hydrogens (tertiary/aromatic N) is 2. The van der Waals surface area contributed by atoms with E-state index in [2.05, 4.69) is 9.97 Å². The molecule has 2 aromatic rings. The average Bonchev–Trinajstić information content (AvgIpc) is 2.44. The molecular weight excluding hydrogens is 252 g/mol. The van der Waals surface area contributed by atoms with Gasteiger partial charge in [-0.2, -0.15) is 0 Å². The lowest BCUT2D eigenvalue weighted by molar-refractivity contribution is -0.136. The number of hydrogen-bond donors (Lipinski definition) is 1. The van der Waals surface area contributed by atoms with Crippen molar-refractivity contribution >= 4 is 12.0 Å². The Morgan fingerprint density at radius 2 is 1.90 bits per heavy atom. The van der Waals surface area contributed by atoms with E-state index in [9.17, 15) is 4.79 Å². The van der Waals surface area contributed by atoms with E-state index in [1.807, 2.05) is 43.3 Å². The molecule has 0 unspecified atom stereocenters. The summed E-state index contributed by atoms with van der Waals surface area (Å²) in [6, 6.07) is 7.76. The highest BCUT2D eigenvalue weighted by Crippen LogP contribution is 2.17. The summed E-state index contributed by atoms with van der Waals surface area (Å²) in [5.41, 5.74) is 3.78. The number of allylic oxidation sites excluding steroid dienone is 1. The number of carboxylic acid groups (broad SMARTS) is 1. The molecule has 20 heavy (non-hydrogen) atoms. The highest BCUT2D eigenvalue weighted by molar-refractivity contribution is 5.67. The van der Waals surface area contributed by atoms with Crippen LogP contribution in [0.1, 0.15) is 24.0 Å². The van der Waals surface area contributed by atoms with Gasteiger partial charge in [-0.15, -0.1) is 0 Å². The molecule has 2 heterocycles. The van der Waals surface area contributed by atoms with Gasteiger partial charge in [-0.3, -0.25) is 14.8 Å². The molecule has 1 N–H and O–H groups in total. The van der Waals surface area contributed by atoms with Crippen LogP contribution >= 0.6 is 0 Å². The summed E-state index contributed by atoms with van der Waals surface area (Å²) >= 11 is 0. The summed E-state index contributed by atoms with van der Waals surface area (Å²) in [6.45, 7) is 2.01. The topological polar surface area (TPSA) is 63.1 Å². The number of rotatable bonds is 5. The van der Waals surface area contributed by atoms with Crippen LogP contribution in [0.15, 0.2) is 42.7 Å². The Morgan fingerprint density at radius 3 is 2.60 bits per heavy atom. The molecule has 0 spiro atoms. The van der Waals surface area contributed by atoms with Crippen molar-refractivity contribution in [3.63, 3.8) is 0 Å². The fourth-order valence-corrected chi connectivity index (χ4v) is 1.79. The van der Waals surface area contributed by atoms with E-state index in [-0.39, 0.29) is 6.42 Å². The minimum absolute atomic E-state index is 0.147. The van der Waals surface area contributed by atoms with Crippen molar-refractivity contribution < 1.29 is 9.90 Å². The lowest BCUT2D eigenvalue weighted by atomic mass is 10.1. The Bertz CT molecular complexity index is 636. The van der Waals surface area contributed by atoms with Crippen molar-refractivity contribution in [1.82, 2.24) is 9.97 Å². The summed E-state index contributed by atoms with van der Waals surface area (Å²) in [4.78, 5) is 19.1. The highest BCUT2D eigenvalue weighted by atomic mass is 16.4. The molecule has 4 nitrogen and oxygen atoms in total. The van der Waals surface area contributed by atoms with Gasteiger partial charge in [0, 0.05) is 18.8 Å². The van der Waals surface area contributed by atoms with Gasteiger partial charge >= 0.3 is 5.97 Å². The van der Waals surface area contributed by atoms with Crippen molar-refractivity contribution in [3.8, 4) is 11.4 Å². The lowest BCUT2D eigenvalue weighted by Gasteiger charge is -2.02. The first-order valence-electron chi connectivity index (χ1n) is 6.42. The first kappa shape index (κ1) is 13.9. The molecule has 0 aliphatic heterocycles. The van der Waals surface area contributed by atoms with Crippen molar-refractivity contribution in [2.24, 2.45) is 0 Å². The predicted octanol–water partition coefficient (Wildman–Crippen LogP) is 3.33. The summed E-state index contributed by atoms with van der Waals surface area (Å²) in [5, 5.41) is 8.58. The van der Waals surface area contributed by atoms with Crippen molar-refractivity contribution in [2.75, 3.05) is 0 Å². The van der Waals surface area contributed by atoms with Gasteiger partial charge in [-0.25, -0.2) is 0 Å². The van der Waals surface area contributed by atoms with Gasteiger partial charge in [0.25, 0.3) is 0 Å². The fourth-order valence-electron chi connectivity index (χ4n) is 1.79. The smallest absolute Gasteiger partial charge is 0.303 e. The highest BCUT2D eigenvalue weighted by Gasteiger charge is 2.01. The molecule has 0 atom stereocenters. The quantitative estimate of drug-likeness (QED) is 0.903. The van der Waals surface area contributed by atoms with E-state index in [0.717, 1.165) is 22.5 Å². The van der Waals surface area contributed by atoms with Crippen molar-refractivity contribution in [3.05, 3.63) is 53.9 Å². The van der Waals surface area contributed by atoms with Gasteiger partial charge in [-0.05, 0) is 48.7 Å². The molecule has 2 rings (SSSR count). The monoisotopic (exact) mass is 268 g/mol. The van der Waals surface area contributed by atoms with Crippen molar-refractivity contribution in [2.45, 2.75) is 19.8 Å². The van der Waals surface area contributed by atoms with Crippen LogP contribution in [-0.4, -0.2) is 21.0 Å². The third-order valence-electron chi connectivity index (χ3n) is 2.80. The summed E-state index contributed by atoms with van der Waals surface area (Å²) in [7, 11) is 0. The van der Waals surface area contributed by atoms with Gasteiger partial charge in [0.2, 0.25) is 0 Å². The van der Waals surface area contributed by atoms with Gasteiger partial charge in [0.05, 0.1) is 11.4 Å². The van der Waals surface area contributed by atoms with E-state index in [1.165, 1.54) is 0 Å². The standard InChI is InChI=1S/C16H16N2O2/c1-12-6-8-17-14(10-12)15-11-13(7-9-18-15)4-2-3-5-16(19)20/h2,4,6-11H,3,5H2,1H3,(H,19,20)/b4-2+. The molecule has 0 aromatic carbocycles. The SMILES string of the molecule is Cc1ccnc(-c2cc(/C=C/CCC(=O)O)ccn2)c1. The maximum absolute atomic E-state index is 10.4. The number of pyridine rings is 2. The Hall–Kier alpha value is -2.49. The second-order valence-electron chi connectivity index (χ2n) is 4.53. The summed E-state index contributed by atoms with van der Waals surface area (Å²) in [5.74, 6) is -0.783. The number of carbonyl (C=O) groups is 1. The maximum Gasteiger partial charge on any atom is 0.303 e. The minimum Gasteiger partial charge on any atom is -0.481 e. The van der Waals surface area contributed by atoms with E-state index in [0.29, 0.717) is 6.42 Å². The third kappa shape index (κ3) is 4.02. The van der Waals surface area contributed by atoms with Crippen LogP contribution in [0.25, 0.3) is 17.5 Å². The molecule has 0 radical (unpaired) electrons. The molecule has 2 aromatic heterocycles. The fraction of sp³-hybridized carbons (Fsp3) is 0.188. The zero-order chi connectivity index (χ0) is 14.4. The molecule has 0 saturated heterocycles. The molecule has 0 amide bonds.